The van der Waals surface area contributed by atoms with Gasteiger partial charge >= 0.3 is 0 Å². The molecular formula is C49H43NOSi. The average molecular weight is 690 g/mol. The van der Waals surface area contributed by atoms with Crippen molar-refractivity contribution in [3.63, 3.8) is 0 Å². The van der Waals surface area contributed by atoms with Gasteiger partial charge in [0.2, 0.25) is 0 Å². The van der Waals surface area contributed by atoms with Gasteiger partial charge in [-0.2, -0.15) is 0 Å². The molecule has 3 heteroatoms. The van der Waals surface area contributed by atoms with Crippen LogP contribution in [0.25, 0.3) is 55.0 Å². The molecule has 1 heterocycles. The molecule has 0 aliphatic heterocycles. The zero-order chi connectivity index (χ0) is 35.7. The molecule has 0 unspecified atom stereocenters. The van der Waals surface area contributed by atoms with Gasteiger partial charge in [0.25, 0.3) is 0 Å². The smallest absolute Gasteiger partial charge is 0.159 e. The summed E-state index contributed by atoms with van der Waals surface area (Å²) in [7, 11) is -1.67. The Bertz CT molecular complexity index is 2780. The highest BCUT2D eigenvalue weighted by atomic mass is 28.3. The molecule has 0 saturated heterocycles. The Balaban J connectivity index is 1.26. The summed E-state index contributed by atoms with van der Waals surface area (Å²) in [5.74, 6) is 0. The average Bonchev–Trinajstić information content (AvgIpc) is 3.71. The summed E-state index contributed by atoms with van der Waals surface area (Å²) in [6.07, 6.45) is 0. The van der Waals surface area contributed by atoms with Crippen molar-refractivity contribution in [2.45, 2.75) is 58.2 Å². The van der Waals surface area contributed by atoms with E-state index in [2.05, 4.69) is 186 Å². The molecule has 7 aromatic carbocycles. The molecule has 0 saturated carbocycles. The van der Waals surface area contributed by atoms with E-state index in [1.807, 2.05) is 0 Å². The zero-order valence-corrected chi connectivity index (χ0v) is 32.1. The van der Waals surface area contributed by atoms with Crippen molar-refractivity contribution in [2.24, 2.45) is 0 Å². The van der Waals surface area contributed by atoms with Gasteiger partial charge in [0.05, 0.1) is 19.4 Å². The Kier molecular flexibility index (Phi) is 6.38. The second kappa shape index (κ2) is 10.6. The lowest BCUT2D eigenvalue weighted by Gasteiger charge is -2.29. The number of para-hydroxylation sites is 3. The van der Waals surface area contributed by atoms with Crippen LogP contribution >= 0.6 is 0 Å². The molecule has 0 N–H and O–H groups in total. The first-order valence-electron chi connectivity index (χ1n) is 18.6. The third-order valence-electron chi connectivity index (χ3n) is 12.2. The van der Waals surface area contributed by atoms with E-state index in [-0.39, 0.29) is 10.8 Å². The first-order valence-corrected chi connectivity index (χ1v) is 22.1. The molecule has 0 bridgehead atoms. The van der Waals surface area contributed by atoms with E-state index in [0.717, 1.165) is 33.6 Å². The third kappa shape index (κ3) is 4.17. The minimum atomic E-state index is -1.67. The Morgan fingerprint density at radius 1 is 0.462 bits per heavy atom. The van der Waals surface area contributed by atoms with Crippen molar-refractivity contribution in [1.82, 2.24) is 0 Å². The van der Waals surface area contributed by atoms with Crippen molar-refractivity contribution in [3.8, 4) is 22.3 Å². The quantitative estimate of drug-likeness (QED) is 0.171. The maximum absolute atomic E-state index is 7.05. The van der Waals surface area contributed by atoms with Crippen LogP contribution in [0.5, 0.6) is 0 Å². The zero-order valence-electron chi connectivity index (χ0n) is 31.1. The van der Waals surface area contributed by atoms with Crippen LogP contribution in [0, 0.1) is 0 Å². The molecule has 2 nitrogen and oxygen atoms in total. The number of furan rings is 1. The SMILES string of the molecule is CC1(C)c2ccccc2-c2cc3c(cc21)-c1c(cc(N(c2ccccc2)c2cccc4c2oc2c([Si](C)(C)C)cccc24)c2ccccc12)C3(C)C. The van der Waals surface area contributed by atoms with E-state index in [9.17, 15) is 0 Å². The summed E-state index contributed by atoms with van der Waals surface area (Å²) < 4.78 is 7.05. The van der Waals surface area contributed by atoms with Gasteiger partial charge in [-0.1, -0.05) is 144 Å². The molecule has 10 rings (SSSR count). The summed E-state index contributed by atoms with van der Waals surface area (Å²) in [4.78, 5) is 2.44. The molecule has 0 atom stereocenters. The molecule has 0 fully saturated rings. The number of benzene rings is 7. The molecule has 254 valence electrons. The molecule has 2 aliphatic rings. The van der Waals surface area contributed by atoms with Gasteiger partial charge in [0.15, 0.2) is 5.58 Å². The Hall–Kier alpha value is -5.38. The van der Waals surface area contributed by atoms with Crippen LogP contribution in [0.2, 0.25) is 19.6 Å². The predicted octanol–water partition coefficient (Wildman–Crippen LogP) is 13.4. The van der Waals surface area contributed by atoms with Gasteiger partial charge in [0, 0.05) is 32.7 Å². The normalized spacial score (nSPS) is 15.1. The molecule has 8 aromatic rings. The van der Waals surface area contributed by atoms with Crippen molar-refractivity contribution >= 4 is 63.0 Å². The molecule has 0 radical (unpaired) electrons. The van der Waals surface area contributed by atoms with Gasteiger partial charge in [-0.15, -0.1) is 0 Å². The molecule has 1 aromatic heterocycles. The highest BCUT2D eigenvalue weighted by molar-refractivity contribution is 6.90. The van der Waals surface area contributed by atoms with Crippen molar-refractivity contribution < 1.29 is 4.42 Å². The van der Waals surface area contributed by atoms with Gasteiger partial charge in [-0.25, -0.2) is 0 Å². The third-order valence-corrected chi connectivity index (χ3v) is 14.2. The van der Waals surface area contributed by atoms with Crippen LogP contribution in [0.15, 0.2) is 138 Å². The van der Waals surface area contributed by atoms with E-state index in [0.29, 0.717) is 0 Å². The molecule has 2 aliphatic carbocycles. The Morgan fingerprint density at radius 2 is 1.06 bits per heavy atom. The fraction of sp³-hybridized carbons (Fsp3) is 0.184. The number of hydrogen-bond acceptors (Lipinski definition) is 2. The summed E-state index contributed by atoms with van der Waals surface area (Å²) in [5.41, 5.74) is 16.1. The predicted molar refractivity (Wildman–Crippen MR) is 224 cm³/mol. The first kappa shape index (κ1) is 31.4. The highest BCUT2D eigenvalue weighted by Gasteiger charge is 2.43. The van der Waals surface area contributed by atoms with E-state index in [4.69, 9.17) is 4.42 Å². The molecule has 52 heavy (non-hydrogen) atoms. The largest absolute Gasteiger partial charge is 0.454 e. The number of hydrogen-bond donors (Lipinski definition) is 0. The topological polar surface area (TPSA) is 16.4 Å². The van der Waals surface area contributed by atoms with Crippen LogP contribution in [0.4, 0.5) is 17.1 Å². The summed E-state index contributed by atoms with van der Waals surface area (Å²) in [6.45, 7) is 16.8. The van der Waals surface area contributed by atoms with Gasteiger partial charge in [-0.05, 0) is 91.5 Å². The lowest BCUT2D eigenvalue weighted by atomic mass is 9.79. The van der Waals surface area contributed by atoms with Crippen LogP contribution < -0.4 is 10.1 Å². The fourth-order valence-electron chi connectivity index (χ4n) is 9.50. The van der Waals surface area contributed by atoms with Crippen molar-refractivity contribution in [3.05, 3.63) is 156 Å². The molecule has 0 spiro atoms. The maximum Gasteiger partial charge on any atom is 0.159 e. The lowest BCUT2D eigenvalue weighted by molar-refractivity contribution is 0.652. The maximum atomic E-state index is 7.05. The number of fused-ring (bicyclic) bond motifs is 11. The molecule has 0 amide bonds. The van der Waals surface area contributed by atoms with Gasteiger partial charge in [-0.3, -0.25) is 0 Å². The standard InChI is InChI=1S/C49H43NOSi/c1-48(2)38-24-14-13-19-31(38)36-27-40-37(28-39(36)48)45-33-21-12-11-20-32(33)43(29-41(45)49(40,3)4)50(30-17-9-8-10-18-30)42-25-15-22-34-35-23-16-26-44(52(5,6)7)47(35)51-46(34)42/h8-29H,1-7H3. The second-order valence-corrected chi connectivity index (χ2v) is 22.0. The van der Waals surface area contributed by atoms with Crippen LogP contribution in [0.1, 0.15) is 49.9 Å². The summed E-state index contributed by atoms with van der Waals surface area (Å²) >= 11 is 0. The van der Waals surface area contributed by atoms with Gasteiger partial charge < -0.3 is 9.32 Å². The minimum absolute atomic E-state index is 0.0612. The first-order chi connectivity index (χ1) is 25.0. The van der Waals surface area contributed by atoms with E-state index >= 15 is 0 Å². The lowest BCUT2D eigenvalue weighted by Crippen LogP contribution is -2.37. The molecular weight excluding hydrogens is 647 g/mol. The van der Waals surface area contributed by atoms with E-state index < -0.39 is 8.07 Å². The second-order valence-electron chi connectivity index (χ2n) is 17.0. The monoisotopic (exact) mass is 689 g/mol. The van der Waals surface area contributed by atoms with Gasteiger partial charge in [0.1, 0.15) is 5.58 Å². The fourth-order valence-corrected chi connectivity index (χ4v) is 11.0. The van der Waals surface area contributed by atoms with Crippen LogP contribution in [-0.4, -0.2) is 8.07 Å². The number of nitrogens with zero attached hydrogens (tertiary/aromatic N) is 1. The van der Waals surface area contributed by atoms with Crippen LogP contribution in [0.3, 0.4) is 0 Å². The van der Waals surface area contributed by atoms with Crippen molar-refractivity contribution in [1.29, 1.82) is 0 Å². The highest BCUT2D eigenvalue weighted by Crippen LogP contribution is 2.59. The van der Waals surface area contributed by atoms with Crippen LogP contribution in [-0.2, 0) is 10.8 Å². The van der Waals surface area contributed by atoms with E-state index in [1.165, 1.54) is 65.9 Å². The Morgan fingerprint density at radius 3 is 1.83 bits per heavy atom. The number of rotatable bonds is 4. The summed E-state index contributed by atoms with van der Waals surface area (Å²) in [5, 5.41) is 6.22. The number of anilines is 3. The Labute approximate surface area is 307 Å². The van der Waals surface area contributed by atoms with E-state index in [1.54, 1.807) is 0 Å². The minimum Gasteiger partial charge on any atom is -0.454 e. The van der Waals surface area contributed by atoms with Crippen molar-refractivity contribution in [2.75, 3.05) is 4.90 Å². The summed E-state index contributed by atoms with van der Waals surface area (Å²) in [6, 6.07) is 49.7.